The molecule has 0 fully saturated rings. The molecule has 4 nitrogen and oxygen atoms in total. The number of anilines is 1. The molecule has 1 aromatic carbocycles. The highest BCUT2D eigenvalue weighted by molar-refractivity contribution is 6.33. The molecule has 2 aromatic rings. The molecule has 0 saturated carbocycles. The van der Waals surface area contributed by atoms with Crippen molar-refractivity contribution in [2.45, 2.75) is 6.42 Å². The first kappa shape index (κ1) is 15.3. The number of hydrogen-bond donors (Lipinski definition) is 1. The summed E-state index contributed by atoms with van der Waals surface area (Å²) in [5.74, 6) is -0.185. The summed E-state index contributed by atoms with van der Waals surface area (Å²) in [5, 5.41) is 3.28. The molecule has 0 aliphatic rings. The van der Waals surface area contributed by atoms with Gasteiger partial charge in [0.2, 0.25) is 0 Å². The molecule has 110 valence electrons. The smallest absolute Gasteiger partial charge is 0.254 e. The Morgan fingerprint density at radius 2 is 2.05 bits per heavy atom. The van der Waals surface area contributed by atoms with Crippen LogP contribution in [0.3, 0.4) is 0 Å². The number of benzene rings is 1. The largest absolute Gasteiger partial charge is 0.375 e. The minimum Gasteiger partial charge on any atom is -0.375 e. The van der Waals surface area contributed by atoms with E-state index in [9.17, 15) is 4.79 Å². The van der Waals surface area contributed by atoms with Crippen LogP contribution in [0.4, 0.5) is 5.69 Å². The second kappa shape index (κ2) is 7.64. The molecule has 1 aromatic heterocycles. The number of hydrogen-bond acceptors (Lipinski definition) is 3. The van der Waals surface area contributed by atoms with E-state index >= 15 is 0 Å². The third kappa shape index (κ3) is 4.46. The average molecular weight is 304 g/mol. The van der Waals surface area contributed by atoms with Gasteiger partial charge in [-0.1, -0.05) is 29.8 Å². The van der Waals surface area contributed by atoms with Gasteiger partial charge in [0.15, 0.2) is 0 Å². The van der Waals surface area contributed by atoms with Crippen LogP contribution in [0, 0.1) is 0 Å². The molecule has 0 radical (unpaired) electrons. The zero-order chi connectivity index (χ0) is 15.1. The Balaban J connectivity index is 1.75. The van der Waals surface area contributed by atoms with Gasteiger partial charge in [-0.3, -0.25) is 9.78 Å². The van der Waals surface area contributed by atoms with E-state index in [2.05, 4.69) is 27.3 Å². The number of pyridine rings is 1. The lowest BCUT2D eigenvalue weighted by Gasteiger charge is -2.19. The fraction of sp³-hybridized carbons (Fsp3) is 0.250. The van der Waals surface area contributed by atoms with Gasteiger partial charge in [0.1, 0.15) is 0 Å². The van der Waals surface area contributed by atoms with Crippen LogP contribution in [0.15, 0.2) is 48.8 Å². The standard InChI is InChI=1S/C16H18ClN3O/c1-20(13-6-3-2-4-7-13)11-5-9-19-16(21)14-12-18-10-8-15(14)17/h2-4,6-8,10,12H,5,9,11H2,1H3,(H,19,21). The van der Waals surface area contributed by atoms with E-state index in [-0.39, 0.29) is 5.91 Å². The van der Waals surface area contributed by atoms with Crippen molar-refractivity contribution in [1.82, 2.24) is 10.3 Å². The molecule has 2 rings (SSSR count). The maximum Gasteiger partial charge on any atom is 0.254 e. The molecular formula is C16H18ClN3O. The molecular weight excluding hydrogens is 286 g/mol. The van der Waals surface area contributed by atoms with Crippen molar-refractivity contribution in [2.24, 2.45) is 0 Å². The maximum absolute atomic E-state index is 11.9. The van der Waals surface area contributed by atoms with Crippen molar-refractivity contribution in [3.05, 3.63) is 59.4 Å². The van der Waals surface area contributed by atoms with Crippen molar-refractivity contribution in [1.29, 1.82) is 0 Å². The highest BCUT2D eigenvalue weighted by Crippen LogP contribution is 2.13. The number of halogens is 1. The van der Waals surface area contributed by atoms with E-state index in [1.165, 1.54) is 11.9 Å². The van der Waals surface area contributed by atoms with Gasteiger partial charge in [0, 0.05) is 38.2 Å². The lowest BCUT2D eigenvalue weighted by Crippen LogP contribution is -2.28. The third-order valence-electron chi connectivity index (χ3n) is 3.17. The molecule has 0 unspecified atom stereocenters. The summed E-state index contributed by atoms with van der Waals surface area (Å²) >= 11 is 5.95. The van der Waals surface area contributed by atoms with Gasteiger partial charge in [-0.2, -0.15) is 0 Å². The van der Waals surface area contributed by atoms with Crippen LogP contribution in [0.5, 0.6) is 0 Å². The minimum atomic E-state index is -0.185. The van der Waals surface area contributed by atoms with Crippen molar-refractivity contribution >= 4 is 23.2 Å². The number of para-hydroxylation sites is 1. The number of nitrogens with zero attached hydrogens (tertiary/aromatic N) is 2. The number of rotatable bonds is 6. The van der Waals surface area contributed by atoms with Crippen LogP contribution < -0.4 is 10.2 Å². The number of nitrogens with one attached hydrogen (secondary N) is 1. The molecule has 21 heavy (non-hydrogen) atoms. The monoisotopic (exact) mass is 303 g/mol. The van der Waals surface area contributed by atoms with E-state index < -0.39 is 0 Å². The number of amides is 1. The summed E-state index contributed by atoms with van der Waals surface area (Å²) in [6, 6.07) is 11.8. The molecule has 0 bridgehead atoms. The topological polar surface area (TPSA) is 45.2 Å². The second-order valence-electron chi connectivity index (χ2n) is 4.72. The van der Waals surface area contributed by atoms with Crippen LogP contribution in [-0.2, 0) is 0 Å². The van der Waals surface area contributed by atoms with Gasteiger partial charge in [0.25, 0.3) is 5.91 Å². The summed E-state index contributed by atoms with van der Waals surface area (Å²) < 4.78 is 0. The minimum absolute atomic E-state index is 0.185. The summed E-state index contributed by atoms with van der Waals surface area (Å²) in [7, 11) is 2.04. The van der Waals surface area contributed by atoms with Crippen LogP contribution in [0.25, 0.3) is 0 Å². The molecule has 0 aliphatic carbocycles. The summed E-state index contributed by atoms with van der Waals surface area (Å²) in [6.07, 6.45) is 3.90. The molecule has 0 spiro atoms. The Morgan fingerprint density at radius 3 is 2.76 bits per heavy atom. The van der Waals surface area contributed by atoms with Crippen LogP contribution in [0.1, 0.15) is 16.8 Å². The molecule has 0 aliphatic heterocycles. The molecule has 0 atom stereocenters. The Bertz CT molecular complexity index is 589. The van der Waals surface area contributed by atoms with E-state index in [1.807, 2.05) is 25.2 Å². The molecule has 1 N–H and O–H groups in total. The highest BCUT2D eigenvalue weighted by Gasteiger charge is 2.09. The van der Waals surface area contributed by atoms with E-state index in [1.54, 1.807) is 12.3 Å². The van der Waals surface area contributed by atoms with E-state index in [0.717, 1.165) is 13.0 Å². The number of carbonyl (C=O) groups is 1. The van der Waals surface area contributed by atoms with Crippen molar-refractivity contribution in [2.75, 3.05) is 25.0 Å². The van der Waals surface area contributed by atoms with E-state index in [0.29, 0.717) is 17.1 Å². The predicted octanol–water partition coefficient (Wildman–Crippen LogP) is 2.99. The quantitative estimate of drug-likeness (QED) is 0.835. The van der Waals surface area contributed by atoms with Gasteiger partial charge in [-0.25, -0.2) is 0 Å². The third-order valence-corrected chi connectivity index (χ3v) is 3.49. The first-order valence-corrected chi connectivity index (χ1v) is 7.20. The summed E-state index contributed by atoms with van der Waals surface area (Å²) in [6.45, 7) is 1.46. The summed E-state index contributed by atoms with van der Waals surface area (Å²) in [4.78, 5) is 18.0. The maximum atomic E-state index is 11.9. The molecule has 1 amide bonds. The lowest BCUT2D eigenvalue weighted by molar-refractivity contribution is 0.0953. The normalized spacial score (nSPS) is 10.2. The lowest BCUT2D eigenvalue weighted by atomic mass is 10.2. The van der Waals surface area contributed by atoms with Crippen LogP contribution in [-0.4, -0.2) is 31.0 Å². The van der Waals surface area contributed by atoms with E-state index in [4.69, 9.17) is 11.6 Å². The average Bonchev–Trinajstić information content (AvgIpc) is 2.52. The Kier molecular flexibility index (Phi) is 5.58. The highest BCUT2D eigenvalue weighted by atomic mass is 35.5. The van der Waals surface area contributed by atoms with Crippen molar-refractivity contribution in [3.8, 4) is 0 Å². The molecule has 1 heterocycles. The van der Waals surface area contributed by atoms with Gasteiger partial charge < -0.3 is 10.2 Å². The van der Waals surface area contributed by atoms with Crippen LogP contribution in [0.2, 0.25) is 5.02 Å². The van der Waals surface area contributed by atoms with Crippen molar-refractivity contribution in [3.63, 3.8) is 0 Å². The van der Waals surface area contributed by atoms with Gasteiger partial charge in [-0.15, -0.1) is 0 Å². The molecule has 0 saturated heterocycles. The number of carbonyl (C=O) groups excluding carboxylic acids is 1. The predicted molar refractivity (Wildman–Crippen MR) is 85.9 cm³/mol. The Hall–Kier alpha value is -2.07. The van der Waals surface area contributed by atoms with Crippen LogP contribution >= 0.6 is 11.6 Å². The molecule has 5 heteroatoms. The van der Waals surface area contributed by atoms with Crippen molar-refractivity contribution < 1.29 is 4.79 Å². The number of aromatic nitrogens is 1. The SMILES string of the molecule is CN(CCCNC(=O)c1cnccc1Cl)c1ccccc1. The van der Waals surface area contributed by atoms with Gasteiger partial charge >= 0.3 is 0 Å². The fourth-order valence-electron chi connectivity index (χ4n) is 1.97. The Morgan fingerprint density at radius 1 is 1.29 bits per heavy atom. The first-order valence-electron chi connectivity index (χ1n) is 6.82. The van der Waals surface area contributed by atoms with Gasteiger partial charge in [-0.05, 0) is 24.6 Å². The van der Waals surface area contributed by atoms with Gasteiger partial charge in [0.05, 0.1) is 10.6 Å². The Labute approximate surface area is 129 Å². The zero-order valence-electron chi connectivity index (χ0n) is 11.9. The zero-order valence-corrected chi connectivity index (χ0v) is 12.7. The second-order valence-corrected chi connectivity index (χ2v) is 5.13. The fourth-order valence-corrected chi connectivity index (χ4v) is 2.16. The first-order chi connectivity index (χ1) is 10.2. The summed E-state index contributed by atoms with van der Waals surface area (Å²) in [5.41, 5.74) is 1.58.